The van der Waals surface area contributed by atoms with E-state index in [4.69, 9.17) is 18.9 Å². The summed E-state index contributed by atoms with van der Waals surface area (Å²) < 4.78 is 21.5. The van der Waals surface area contributed by atoms with Crippen LogP contribution >= 0.6 is 0 Å². The second kappa shape index (κ2) is 7.52. The molecule has 2 aromatic rings. The smallest absolute Gasteiger partial charge is 0.324 e. The van der Waals surface area contributed by atoms with Crippen LogP contribution in [0.25, 0.3) is 0 Å². The predicted octanol–water partition coefficient (Wildman–Crippen LogP) is 2.89. The zero-order valence-corrected chi connectivity index (χ0v) is 16.6. The molecule has 0 N–H and O–H groups in total. The Bertz CT molecular complexity index is 911. The van der Waals surface area contributed by atoms with Crippen molar-refractivity contribution in [2.24, 2.45) is 11.3 Å². The summed E-state index contributed by atoms with van der Waals surface area (Å²) in [6.45, 7) is 1.06. The fourth-order valence-electron chi connectivity index (χ4n) is 4.89. The van der Waals surface area contributed by atoms with Crippen LogP contribution in [0.2, 0.25) is 0 Å². The first-order valence-corrected chi connectivity index (χ1v) is 9.63. The Hall–Kier alpha value is -2.86. The second-order valence-electron chi connectivity index (χ2n) is 7.44. The molecular weight excluding hydrogens is 372 g/mol. The fraction of sp³-hybridized carbons (Fsp3) is 0.391. The highest BCUT2D eigenvalue weighted by molar-refractivity contribution is 6.09. The molecule has 0 bridgehead atoms. The number of ether oxygens (including phenoxy) is 4. The first kappa shape index (κ1) is 19.5. The summed E-state index contributed by atoms with van der Waals surface area (Å²) in [4.78, 5) is 25.5. The number of carbonyl (C=O) groups excluding carboxylic acids is 2. The molecule has 0 aromatic heterocycles. The summed E-state index contributed by atoms with van der Waals surface area (Å²) in [5, 5.41) is 0. The van der Waals surface area contributed by atoms with Crippen molar-refractivity contribution in [2.45, 2.75) is 18.4 Å². The van der Waals surface area contributed by atoms with Gasteiger partial charge in [-0.25, -0.2) is 0 Å². The van der Waals surface area contributed by atoms with E-state index in [1.54, 1.807) is 7.11 Å². The van der Waals surface area contributed by atoms with Crippen LogP contribution in [0.5, 0.6) is 5.75 Å². The van der Waals surface area contributed by atoms with Gasteiger partial charge in [-0.2, -0.15) is 0 Å². The van der Waals surface area contributed by atoms with Crippen molar-refractivity contribution in [3.05, 3.63) is 65.7 Å². The average Bonchev–Trinajstić information content (AvgIpc) is 3.22. The van der Waals surface area contributed by atoms with Gasteiger partial charge in [-0.15, -0.1) is 0 Å². The molecule has 2 aromatic carbocycles. The van der Waals surface area contributed by atoms with Crippen LogP contribution in [0.4, 0.5) is 0 Å². The first-order valence-electron chi connectivity index (χ1n) is 9.63. The summed E-state index contributed by atoms with van der Waals surface area (Å²) >= 11 is 0. The van der Waals surface area contributed by atoms with E-state index in [0.29, 0.717) is 25.4 Å². The second-order valence-corrected chi connectivity index (χ2v) is 7.44. The highest BCUT2D eigenvalue weighted by Crippen LogP contribution is 2.75. The number of cyclic esters (lactones) is 1. The lowest BCUT2D eigenvalue weighted by atomic mass is 9.82. The molecule has 29 heavy (non-hydrogen) atoms. The minimum atomic E-state index is -1.32. The maximum Gasteiger partial charge on any atom is 0.324 e. The minimum Gasteiger partial charge on any atom is -0.497 e. The van der Waals surface area contributed by atoms with Gasteiger partial charge in [0.05, 0.1) is 27.4 Å². The highest BCUT2D eigenvalue weighted by Gasteiger charge is 2.89. The quantitative estimate of drug-likeness (QED) is 0.388. The lowest BCUT2D eigenvalue weighted by molar-refractivity contribution is -0.160. The molecule has 0 amide bonds. The molecule has 1 aliphatic carbocycles. The number of carbonyl (C=O) groups is 2. The lowest BCUT2D eigenvalue weighted by Gasteiger charge is -2.25. The third-order valence-electron chi connectivity index (χ3n) is 6.29. The van der Waals surface area contributed by atoms with E-state index in [1.165, 1.54) is 7.11 Å². The van der Waals surface area contributed by atoms with E-state index < -0.39 is 22.8 Å². The molecule has 4 rings (SSSR count). The minimum absolute atomic E-state index is 0.198. The number of hydrogen-bond acceptors (Lipinski definition) is 6. The zero-order chi connectivity index (χ0) is 20.5. The number of benzene rings is 2. The molecule has 6 nitrogen and oxygen atoms in total. The molecule has 1 saturated heterocycles. The molecule has 3 atom stereocenters. The molecule has 1 heterocycles. The van der Waals surface area contributed by atoms with Gasteiger partial charge in [-0.3, -0.25) is 9.59 Å². The summed E-state index contributed by atoms with van der Waals surface area (Å²) in [5.41, 5.74) is -0.0987. The van der Waals surface area contributed by atoms with E-state index in [9.17, 15) is 9.59 Å². The highest BCUT2D eigenvalue weighted by atomic mass is 16.6. The van der Waals surface area contributed by atoms with Crippen LogP contribution in [0.1, 0.15) is 17.5 Å². The summed E-state index contributed by atoms with van der Waals surface area (Å²) in [6.07, 6.45) is 0.502. The maximum absolute atomic E-state index is 12.8. The molecular formula is C23H24O6. The van der Waals surface area contributed by atoms with Crippen molar-refractivity contribution in [1.29, 1.82) is 0 Å². The summed E-state index contributed by atoms with van der Waals surface area (Å²) in [5.74, 6) is -0.663. The first-order chi connectivity index (χ1) is 14.1. The summed E-state index contributed by atoms with van der Waals surface area (Å²) in [7, 11) is 2.90. The number of esters is 2. The van der Waals surface area contributed by atoms with E-state index in [0.717, 1.165) is 11.1 Å². The molecule has 1 aliphatic heterocycles. The van der Waals surface area contributed by atoms with Gasteiger partial charge in [0, 0.05) is 17.9 Å². The monoisotopic (exact) mass is 396 g/mol. The van der Waals surface area contributed by atoms with Crippen molar-refractivity contribution in [2.75, 3.05) is 27.4 Å². The summed E-state index contributed by atoms with van der Waals surface area (Å²) in [6, 6.07) is 17.4. The normalized spacial score (nSPS) is 27.1. The standard InChI is InChI=1S/C23H24O6/c1-26-18-10-6-9-17(13-18)22(11-12-28-14-16-7-4-3-5-8-16)19-15-29-21(25)23(19,22)20(24)27-2/h3-10,13,19H,11-12,14-15H2,1-2H3/t19-,22-,23-/m0/s1. The number of rotatable bonds is 8. The number of fused-ring (bicyclic) bond motifs is 1. The molecule has 0 radical (unpaired) electrons. The number of methoxy groups -OCH3 is 2. The van der Waals surface area contributed by atoms with Gasteiger partial charge in [-0.1, -0.05) is 42.5 Å². The molecule has 1 saturated carbocycles. The van der Waals surface area contributed by atoms with Gasteiger partial charge in [0.1, 0.15) is 5.75 Å². The largest absolute Gasteiger partial charge is 0.497 e. The van der Waals surface area contributed by atoms with Gasteiger partial charge in [0.2, 0.25) is 0 Å². The van der Waals surface area contributed by atoms with Crippen LogP contribution in [0, 0.1) is 11.3 Å². The van der Waals surface area contributed by atoms with Crippen LogP contribution in [0.15, 0.2) is 54.6 Å². The molecule has 152 valence electrons. The Morgan fingerprint density at radius 2 is 1.93 bits per heavy atom. The van der Waals surface area contributed by atoms with Crippen molar-refractivity contribution >= 4 is 11.9 Å². The molecule has 2 aliphatic rings. The van der Waals surface area contributed by atoms with Gasteiger partial charge >= 0.3 is 11.9 Å². The maximum atomic E-state index is 12.8. The SMILES string of the molecule is COC(=O)[C@]12C(=O)OC[C@H]1[C@]2(CCOCc1ccccc1)c1cccc(OC)c1. The lowest BCUT2D eigenvalue weighted by Crippen LogP contribution is -2.36. The molecule has 0 unspecified atom stereocenters. The van der Waals surface area contributed by atoms with Crippen LogP contribution in [-0.4, -0.2) is 39.4 Å². The predicted molar refractivity (Wildman–Crippen MR) is 104 cm³/mol. The Morgan fingerprint density at radius 3 is 2.66 bits per heavy atom. The van der Waals surface area contributed by atoms with Gasteiger partial charge < -0.3 is 18.9 Å². The van der Waals surface area contributed by atoms with Gasteiger partial charge in [0.15, 0.2) is 5.41 Å². The van der Waals surface area contributed by atoms with Crippen molar-refractivity contribution in [3.8, 4) is 5.75 Å². The van der Waals surface area contributed by atoms with E-state index in [-0.39, 0.29) is 12.5 Å². The third-order valence-corrected chi connectivity index (χ3v) is 6.29. The van der Waals surface area contributed by atoms with Crippen molar-refractivity contribution in [1.82, 2.24) is 0 Å². The van der Waals surface area contributed by atoms with Gasteiger partial charge in [-0.05, 0) is 29.7 Å². The molecule has 6 heteroatoms. The van der Waals surface area contributed by atoms with Gasteiger partial charge in [0.25, 0.3) is 0 Å². The number of hydrogen-bond donors (Lipinski definition) is 0. The van der Waals surface area contributed by atoms with E-state index >= 15 is 0 Å². The fourth-order valence-corrected chi connectivity index (χ4v) is 4.89. The average molecular weight is 396 g/mol. The molecule has 0 spiro atoms. The topological polar surface area (TPSA) is 71.1 Å². The Morgan fingerprint density at radius 1 is 1.14 bits per heavy atom. The van der Waals surface area contributed by atoms with Crippen LogP contribution in [0.3, 0.4) is 0 Å². The Balaban J connectivity index is 1.62. The van der Waals surface area contributed by atoms with Crippen LogP contribution < -0.4 is 4.74 Å². The third kappa shape index (κ3) is 2.82. The van der Waals surface area contributed by atoms with E-state index in [2.05, 4.69) is 0 Å². The zero-order valence-electron chi connectivity index (χ0n) is 16.6. The van der Waals surface area contributed by atoms with E-state index in [1.807, 2.05) is 54.6 Å². The van der Waals surface area contributed by atoms with Crippen LogP contribution in [-0.2, 0) is 35.8 Å². The Labute approximate surface area is 169 Å². The Kier molecular flexibility index (Phi) is 5.04. The van der Waals surface area contributed by atoms with Crippen molar-refractivity contribution < 1.29 is 28.5 Å². The molecule has 2 fully saturated rings. The van der Waals surface area contributed by atoms with Crippen molar-refractivity contribution in [3.63, 3.8) is 0 Å².